The molecule has 1 aromatic heterocycles. The highest BCUT2D eigenvalue weighted by Crippen LogP contribution is 2.24. The van der Waals surface area contributed by atoms with E-state index in [4.69, 9.17) is 9.26 Å². The fraction of sp³-hybridized carbons (Fsp3) is 0.400. The van der Waals surface area contributed by atoms with E-state index < -0.39 is 0 Å². The Bertz CT molecular complexity index is 533. The Morgan fingerprint density at radius 1 is 1.37 bits per heavy atom. The number of aromatic nitrogens is 1. The van der Waals surface area contributed by atoms with Crippen molar-refractivity contribution < 1.29 is 9.26 Å². The van der Waals surface area contributed by atoms with Crippen LogP contribution in [0.15, 0.2) is 35.0 Å². The van der Waals surface area contributed by atoms with Crippen molar-refractivity contribution in [3.8, 4) is 5.75 Å². The number of hydrogen-bond donors (Lipinski definition) is 1. The summed E-state index contributed by atoms with van der Waals surface area (Å²) in [6.07, 6.45) is 4.21. The Morgan fingerprint density at radius 2 is 2.26 bits per heavy atom. The number of nitrogens with one attached hydrogen (secondary N) is 1. The van der Waals surface area contributed by atoms with Crippen molar-refractivity contribution in [2.24, 2.45) is 0 Å². The molecular weight excluding hydrogens is 240 g/mol. The number of aryl methyl sites for hydroxylation is 1. The topological polar surface area (TPSA) is 47.3 Å². The summed E-state index contributed by atoms with van der Waals surface area (Å²) in [5, 5.41) is 7.19. The highest BCUT2D eigenvalue weighted by molar-refractivity contribution is 5.37. The second-order valence-electron chi connectivity index (χ2n) is 5.03. The lowest BCUT2D eigenvalue weighted by atomic mass is 10.1. The molecule has 0 bridgehead atoms. The molecule has 19 heavy (non-hydrogen) atoms. The Kier molecular flexibility index (Phi) is 3.51. The van der Waals surface area contributed by atoms with Gasteiger partial charge in [0.15, 0.2) is 5.76 Å². The maximum atomic E-state index is 5.82. The van der Waals surface area contributed by atoms with Crippen molar-refractivity contribution >= 4 is 0 Å². The summed E-state index contributed by atoms with van der Waals surface area (Å²) < 4.78 is 10.9. The number of nitrogens with zero attached hydrogens (tertiary/aromatic N) is 1. The van der Waals surface area contributed by atoms with E-state index in [1.807, 2.05) is 12.1 Å². The van der Waals surface area contributed by atoms with Gasteiger partial charge < -0.3 is 14.6 Å². The summed E-state index contributed by atoms with van der Waals surface area (Å²) in [4.78, 5) is 0. The van der Waals surface area contributed by atoms with Crippen LogP contribution in [0.5, 0.6) is 5.75 Å². The van der Waals surface area contributed by atoms with E-state index in [1.54, 1.807) is 6.20 Å². The monoisotopic (exact) mass is 258 g/mol. The first-order chi connectivity index (χ1) is 9.31. The molecule has 1 aliphatic carbocycles. The number of hydrogen-bond acceptors (Lipinski definition) is 4. The van der Waals surface area contributed by atoms with Crippen molar-refractivity contribution in [2.45, 2.75) is 39.0 Å². The normalized spacial score (nSPS) is 14.6. The Hall–Kier alpha value is -1.81. The van der Waals surface area contributed by atoms with Crippen molar-refractivity contribution in [1.29, 1.82) is 0 Å². The predicted octanol–water partition coefficient (Wildman–Crippen LogP) is 2.81. The van der Waals surface area contributed by atoms with E-state index in [0.717, 1.165) is 18.1 Å². The Labute approximate surface area is 112 Å². The van der Waals surface area contributed by atoms with Crippen molar-refractivity contribution in [3.05, 3.63) is 47.3 Å². The van der Waals surface area contributed by atoms with Crippen molar-refractivity contribution in [1.82, 2.24) is 10.5 Å². The minimum atomic E-state index is 0.416. The Morgan fingerprint density at radius 3 is 3.00 bits per heavy atom. The molecule has 0 spiro atoms. The molecule has 2 aromatic rings. The van der Waals surface area contributed by atoms with E-state index in [2.05, 4.69) is 29.5 Å². The zero-order valence-corrected chi connectivity index (χ0v) is 11.1. The van der Waals surface area contributed by atoms with Crippen LogP contribution in [-0.2, 0) is 13.2 Å². The van der Waals surface area contributed by atoms with Crippen molar-refractivity contribution in [3.63, 3.8) is 0 Å². The van der Waals surface area contributed by atoms with Crippen LogP contribution in [0.2, 0.25) is 0 Å². The average molecular weight is 258 g/mol. The molecule has 1 fully saturated rings. The first-order valence-corrected chi connectivity index (χ1v) is 6.66. The molecule has 3 rings (SSSR count). The lowest BCUT2D eigenvalue weighted by Gasteiger charge is -2.12. The quantitative estimate of drug-likeness (QED) is 0.865. The average Bonchev–Trinajstić information content (AvgIpc) is 3.10. The van der Waals surface area contributed by atoms with Gasteiger partial charge in [-0.25, -0.2) is 0 Å². The zero-order chi connectivity index (χ0) is 13.1. The van der Waals surface area contributed by atoms with Gasteiger partial charge in [0.05, 0.1) is 6.20 Å². The third-order valence-corrected chi connectivity index (χ3v) is 3.24. The maximum absolute atomic E-state index is 5.82. The summed E-state index contributed by atoms with van der Waals surface area (Å²) in [5.74, 6) is 1.65. The molecule has 4 nitrogen and oxygen atoms in total. The molecule has 1 aromatic carbocycles. The lowest BCUT2D eigenvalue weighted by molar-refractivity contribution is 0.247. The molecule has 0 radical (unpaired) electrons. The predicted molar refractivity (Wildman–Crippen MR) is 71.9 cm³/mol. The molecule has 0 saturated heterocycles. The molecule has 0 atom stereocenters. The fourth-order valence-electron chi connectivity index (χ4n) is 1.99. The van der Waals surface area contributed by atoms with Crippen LogP contribution in [0.4, 0.5) is 0 Å². The second-order valence-corrected chi connectivity index (χ2v) is 5.03. The molecule has 0 amide bonds. The van der Waals surface area contributed by atoms with E-state index in [1.165, 1.54) is 24.0 Å². The number of ether oxygens (including phenoxy) is 1. The number of rotatable bonds is 6. The van der Waals surface area contributed by atoms with Crippen LogP contribution in [0.3, 0.4) is 0 Å². The third kappa shape index (κ3) is 3.35. The summed E-state index contributed by atoms with van der Waals surface area (Å²) in [5.41, 5.74) is 2.45. The van der Waals surface area contributed by atoms with Gasteiger partial charge in [0.2, 0.25) is 0 Å². The highest BCUT2D eigenvalue weighted by atomic mass is 16.5. The van der Waals surface area contributed by atoms with Crippen LogP contribution in [0.1, 0.15) is 29.7 Å². The third-order valence-electron chi connectivity index (χ3n) is 3.24. The van der Waals surface area contributed by atoms with Gasteiger partial charge in [0.25, 0.3) is 0 Å². The molecular formula is C15H18N2O2. The van der Waals surface area contributed by atoms with Crippen molar-refractivity contribution in [2.75, 3.05) is 0 Å². The molecule has 4 heteroatoms. The standard InChI is InChI=1S/C15H18N2O2/c1-11-2-5-15(18-10-14-6-7-17-19-14)12(8-11)9-16-13-3-4-13/h2,5-8,13,16H,3-4,9-10H2,1H3. The highest BCUT2D eigenvalue weighted by Gasteiger charge is 2.20. The Balaban J connectivity index is 1.67. The van der Waals surface area contributed by atoms with Gasteiger partial charge in [0.1, 0.15) is 12.4 Å². The van der Waals surface area contributed by atoms with Gasteiger partial charge in [-0.05, 0) is 25.8 Å². The lowest BCUT2D eigenvalue weighted by Crippen LogP contribution is -2.16. The zero-order valence-electron chi connectivity index (χ0n) is 11.1. The fourth-order valence-corrected chi connectivity index (χ4v) is 1.99. The van der Waals surface area contributed by atoms with E-state index in [9.17, 15) is 0 Å². The van der Waals surface area contributed by atoms with E-state index >= 15 is 0 Å². The minimum Gasteiger partial charge on any atom is -0.485 e. The molecule has 1 aliphatic rings. The largest absolute Gasteiger partial charge is 0.485 e. The molecule has 100 valence electrons. The number of benzene rings is 1. The molecule has 1 N–H and O–H groups in total. The van der Waals surface area contributed by atoms with Crippen LogP contribution < -0.4 is 10.1 Å². The summed E-state index contributed by atoms with van der Waals surface area (Å²) in [7, 11) is 0. The summed E-state index contributed by atoms with van der Waals surface area (Å²) in [6, 6.07) is 8.77. The minimum absolute atomic E-state index is 0.416. The smallest absolute Gasteiger partial charge is 0.174 e. The molecule has 1 saturated carbocycles. The van der Waals surface area contributed by atoms with Crippen LogP contribution >= 0.6 is 0 Å². The molecule has 0 aliphatic heterocycles. The van der Waals surface area contributed by atoms with Crippen LogP contribution in [0, 0.1) is 6.92 Å². The summed E-state index contributed by atoms with van der Waals surface area (Å²) in [6.45, 7) is 3.37. The van der Waals surface area contributed by atoms with Gasteiger partial charge in [0, 0.05) is 24.2 Å². The molecule has 0 unspecified atom stereocenters. The van der Waals surface area contributed by atoms with Crippen LogP contribution in [-0.4, -0.2) is 11.2 Å². The SMILES string of the molecule is Cc1ccc(OCc2ccno2)c(CNC2CC2)c1. The molecule has 1 heterocycles. The van der Waals surface area contributed by atoms with E-state index in [0.29, 0.717) is 12.6 Å². The van der Waals surface area contributed by atoms with E-state index in [-0.39, 0.29) is 0 Å². The van der Waals surface area contributed by atoms with Gasteiger partial charge in [-0.15, -0.1) is 0 Å². The van der Waals surface area contributed by atoms with Gasteiger partial charge in [-0.2, -0.15) is 0 Å². The first kappa shape index (κ1) is 12.2. The van der Waals surface area contributed by atoms with Crippen LogP contribution in [0.25, 0.3) is 0 Å². The first-order valence-electron chi connectivity index (χ1n) is 6.66. The van der Waals surface area contributed by atoms with Gasteiger partial charge in [-0.3, -0.25) is 0 Å². The maximum Gasteiger partial charge on any atom is 0.174 e. The second kappa shape index (κ2) is 5.45. The summed E-state index contributed by atoms with van der Waals surface area (Å²) >= 11 is 0. The van der Waals surface area contributed by atoms with Gasteiger partial charge >= 0.3 is 0 Å². The van der Waals surface area contributed by atoms with Gasteiger partial charge in [-0.1, -0.05) is 22.9 Å².